The van der Waals surface area contributed by atoms with Gasteiger partial charge in [0, 0.05) is 11.3 Å². The number of hydrogen-bond acceptors (Lipinski definition) is 5. The average Bonchev–Trinajstić information content (AvgIpc) is 3.59. The van der Waals surface area contributed by atoms with Crippen LogP contribution >= 0.6 is 11.3 Å². The molecular weight excluding hydrogens is 488 g/mol. The van der Waals surface area contributed by atoms with E-state index in [0.717, 1.165) is 17.0 Å². The van der Waals surface area contributed by atoms with Gasteiger partial charge in [0.15, 0.2) is 0 Å². The number of nitrogens with one attached hydrogen (secondary N) is 2. The van der Waals surface area contributed by atoms with Crippen LogP contribution in [0.3, 0.4) is 0 Å². The van der Waals surface area contributed by atoms with Crippen LogP contribution < -0.4 is 15.5 Å². The lowest BCUT2D eigenvalue weighted by molar-refractivity contribution is -0.126. The van der Waals surface area contributed by atoms with Gasteiger partial charge in [-0.2, -0.15) is 0 Å². The molecule has 4 rings (SSSR count). The molecule has 0 saturated carbocycles. The average molecular weight is 510 g/mol. The van der Waals surface area contributed by atoms with Crippen LogP contribution in [0.5, 0.6) is 0 Å². The number of rotatable bonds is 9. The number of carbonyl (C=O) groups excluding carboxylic acids is 3. The summed E-state index contributed by atoms with van der Waals surface area (Å²) in [6.45, 7) is -0.527. The highest BCUT2D eigenvalue weighted by Crippen LogP contribution is 2.30. The summed E-state index contributed by atoms with van der Waals surface area (Å²) < 4.78 is 34.4. The molecule has 4 aromatic rings. The SMILES string of the molecule is O=C(NCC(=O)N(c1cccc(F)c1)[C@@H](C(=O)NCc1ccco1)c1ccccc1F)c1cccs1. The highest BCUT2D eigenvalue weighted by atomic mass is 32.1. The molecule has 0 bridgehead atoms. The zero-order chi connectivity index (χ0) is 25.5. The van der Waals surface area contributed by atoms with Crippen molar-refractivity contribution in [2.45, 2.75) is 12.6 Å². The first-order chi connectivity index (χ1) is 17.4. The number of amides is 3. The van der Waals surface area contributed by atoms with Gasteiger partial charge in [-0.1, -0.05) is 30.3 Å². The minimum atomic E-state index is -1.51. The van der Waals surface area contributed by atoms with Crippen molar-refractivity contribution in [1.29, 1.82) is 0 Å². The van der Waals surface area contributed by atoms with E-state index >= 15 is 0 Å². The molecule has 36 heavy (non-hydrogen) atoms. The zero-order valence-corrected chi connectivity index (χ0v) is 19.6. The number of halogens is 2. The molecule has 184 valence electrons. The summed E-state index contributed by atoms with van der Waals surface area (Å²) in [6, 6.07) is 15.6. The number of anilines is 1. The molecule has 0 radical (unpaired) electrons. The molecule has 0 unspecified atom stereocenters. The second-order valence-electron chi connectivity index (χ2n) is 7.62. The largest absolute Gasteiger partial charge is 0.467 e. The van der Waals surface area contributed by atoms with Gasteiger partial charge in [0.1, 0.15) is 23.4 Å². The Hall–Kier alpha value is -4.31. The van der Waals surface area contributed by atoms with E-state index in [9.17, 15) is 23.2 Å². The van der Waals surface area contributed by atoms with Gasteiger partial charge in [-0.05, 0) is 47.8 Å². The van der Waals surface area contributed by atoms with Crippen LogP contribution in [0.15, 0.2) is 88.9 Å². The van der Waals surface area contributed by atoms with E-state index in [-0.39, 0.29) is 17.8 Å². The number of thiophene rings is 1. The highest BCUT2D eigenvalue weighted by Gasteiger charge is 2.35. The predicted molar refractivity (Wildman–Crippen MR) is 130 cm³/mol. The summed E-state index contributed by atoms with van der Waals surface area (Å²) >= 11 is 1.20. The van der Waals surface area contributed by atoms with Crippen LogP contribution in [0.4, 0.5) is 14.5 Å². The maximum atomic E-state index is 15.0. The molecule has 2 aromatic heterocycles. The highest BCUT2D eigenvalue weighted by molar-refractivity contribution is 7.12. The molecule has 0 saturated heterocycles. The van der Waals surface area contributed by atoms with Crippen LogP contribution in [0.25, 0.3) is 0 Å². The molecule has 0 spiro atoms. The Labute approximate surface area is 209 Å². The third-order valence-corrected chi connectivity index (χ3v) is 6.09. The third-order valence-electron chi connectivity index (χ3n) is 5.22. The van der Waals surface area contributed by atoms with Crippen molar-refractivity contribution >= 4 is 34.7 Å². The fourth-order valence-corrected chi connectivity index (χ4v) is 4.22. The van der Waals surface area contributed by atoms with Crippen LogP contribution in [0, 0.1) is 11.6 Å². The van der Waals surface area contributed by atoms with E-state index in [1.54, 1.807) is 29.6 Å². The molecule has 0 fully saturated rings. The summed E-state index contributed by atoms with van der Waals surface area (Å²) in [4.78, 5) is 40.7. The summed E-state index contributed by atoms with van der Waals surface area (Å²) in [5, 5.41) is 6.87. The Bertz CT molecular complexity index is 1340. The first kappa shape index (κ1) is 24.8. The first-order valence-corrected chi connectivity index (χ1v) is 11.8. The molecule has 7 nitrogen and oxygen atoms in total. The number of hydrogen-bond donors (Lipinski definition) is 2. The van der Waals surface area contributed by atoms with Gasteiger partial charge in [-0.15, -0.1) is 11.3 Å². The molecule has 0 aliphatic heterocycles. The van der Waals surface area contributed by atoms with Gasteiger partial charge in [-0.3, -0.25) is 19.3 Å². The summed E-state index contributed by atoms with van der Waals surface area (Å²) in [6.07, 6.45) is 1.44. The van der Waals surface area contributed by atoms with Crippen LogP contribution in [0.2, 0.25) is 0 Å². The van der Waals surface area contributed by atoms with E-state index in [4.69, 9.17) is 4.42 Å². The van der Waals surface area contributed by atoms with Crippen molar-refractivity contribution in [1.82, 2.24) is 10.6 Å². The smallest absolute Gasteiger partial charge is 0.261 e. The second kappa shape index (κ2) is 11.4. The molecule has 2 heterocycles. The molecular formula is C26H21F2N3O4S. The Balaban J connectivity index is 1.69. The lowest BCUT2D eigenvalue weighted by Crippen LogP contribution is -2.47. The van der Waals surface area contributed by atoms with Gasteiger partial charge in [0.05, 0.1) is 24.2 Å². The Morgan fingerprint density at radius 2 is 1.78 bits per heavy atom. The maximum Gasteiger partial charge on any atom is 0.261 e. The molecule has 2 aromatic carbocycles. The predicted octanol–water partition coefficient (Wildman–Crippen LogP) is 4.44. The summed E-state index contributed by atoms with van der Waals surface area (Å²) in [5.74, 6) is -2.89. The molecule has 3 amide bonds. The molecule has 10 heteroatoms. The van der Waals surface area contributed by atoms with Gasteiger partial charge < -0.3 is 15.1 Å². The Kier molecular flexibility index (Phi) is 7.86. The van der Waals surface area contributed by atoms with Crippen LogP contribution in [0.1, 0.15) is 27.0 Å². The van der Waals surface area contributed by atoms with Crippen molar-refractivity contribution < 1.29 is 27.6 Å². The lowest BCUT2D eigenvalue weighted by Gasteiger charge is -2.31. The van der Waals surface area contributed by atoms with Crippen molar-refractivity contribution in [2.24, 2.45) is 0 Å². The van der Waals surface area contributed by atoms with Crippen molar-refractivity contribution in [3.63, 3.8) is 0 Å². The Morgan fingerprint density at radius 1 is 0.944 bits per heavy atom. The minimum absolute atomic E-state index is 0.0168. The van der Waals surface area contributed by atoms with E-state index in [1.807, 2.05) is 0 Å². The monoisotopic (exact) mass is 509 g/mol. The number of benzene rings is 2. The fourth-order valence-electron chi connectivity index (χ4n) is 3.58. The van der Waals surface area contributed by atoms with E-state index in [0.29, 0.717) is 10.6 Å². The fraction of sp³-hybridized carbons (Fsp3) is 0.115. The molecule has 1 atom stereocenters. The van der Waals surface area contributed by atoms with Crippen LogP contribution in [-0.2, 0) is 16.1 Å². The van der Waals surface area contributed by atoms with Gasteiger partial charge in [0.2, 0.25) is 11.8 Å². The first-order valence-electron chi connectivity index (χ1n) is 10.9. The van der Waals surface area contributed by atoms with E-state index in [2.05, 4.69) is 10.6 Å². The summed E-state index contributed by atoms with van der Waals surface area (Å²) in [7, 11) is 0. The third kappa shape index (κ3) is 5.84. The van der Waals surface area contributed by atoms with Crippen molar-refractivity contribution in [3.8, 4) is 0 Å². The molecule has 2 N–H and O–H groups in total. The quantitative estimate of drug-likeness (QED) is 0.349. The van der Waals surface area contributed by atoms with Crippen LogP contribution in [-0.4, -0.2) is 24.3 Å². The lowest BCUT2D eigenvalue weighted by atomic mass is 10.0. The van der Waals surface area contributed by atoms with Crippen molar-refractivity contribution in [3.05, 3.63) is 112 Å². The second-order valence-corrected chi connectivity index (χ2v) is 8.57. The van der Waals surface area contributed by atoms with E-state index in [1.165, 1.54) is 54.0 Å². The number of carbonyl (C=O) groups is 3. The maximum absolute atomic E-state index is 15.0. The minimum Gasteiger partial charge on any atom is -0.467 e. The Morgan fingerprint density at radius 3 is 2.47 bits per heavy atom. The summed E-state index contributed by atoms with van der Waals surface area (Å²) in [5.41, 5.74) is -0.0802. The van der Waals surface area contributed by atoms with Gasteiger partial charge in [-0.25, -0.2) is 8.78 Å². The number of nitrogens with zero attached hydrogens (tertiary/aromatic N) is 1. The van der Waals surface area contributed by atoms with Gasteiger partial charge >= 0.3 is 0 Å². The number of furan rings is 1. The topological polar surface area (TPSA) is 91.7 Å². The zero-order valence-electron chi connectivity index (χ0n) is 18.8. The molecule has 0 aliphatic carbocycles. The van der Waals surface area contributed by atoms with Gasteiger partial charge in [0.25, 0.3) is 5.91 Å². The van der Waals surface area contributed by atoms with Crippen molar-refractivity contribution in [2.75, 3.05) is 11.4 Å². The normalized spacial score (nSPS) is 11.5. The molecule has 0 aliphatic rings. The van der Waals surface area contributed by atoms with E-state index < -0.39 is 41.9 Å². The standard InChI is InChI=1S/C26H21F2N3O4S/c27-17-6-3-7-18(14-17)31(23(32)16-30-25(33)22-11-5-13-36-22)24(20-9-1-2-10-21(20)28)26(34)29-15-19-8-4-12-35-19/h1-14,24H,15-16H2,(H,29,34)(H,30,33)/t24-/m1/s1.